The Bertz CT molecular complexity index is 399. The van der Waals surface area contributed by atoms with Crippen molar-refractivity contribution in [2.75, 3.05) is 5.32 Å². The lowest BCUT2D eigenvalue weighted by atomic mass is 10.2. The van der Waals surface area contributed by atoms with E-state index in [9.17, 15) is 0 Å². The Balaban J connectivity index is 1.98. The Morgan fingerprint density at radius 3 is 3.07 bits per heavy atom. The van der Waals surface area contributed by atoms with Crippen LogP contribution in [0.2, 0.25) is 5.02 Å². The van der Waals surface area contributed by atoms with Crippen molar-refractivity contribution in [2.24, 2.45) is 0 Å². The van der Waals surface area contributed by atoms with E-state index in [-0.39, 0.29) is 0 Å². The molecule has 0 spiro atoms. The second-order valence-corrected chi connectivity index (χ2v) is 3.25. The van der Waals surface area contributed by atoms with Gasteiger partial charge in [0.15, 0.2) is 0 Å². The second-order valence-electron chi connectivity index (χ2n) is 2.82. The Morgan fingerprint density at radius 2 is 2.36 bits per heavy atom. The van der Waals surface area contributed by atoms with Crippen molar-refractivity contribution in [3.05, 3.63) is 41.2 Å². The van der Waals surface area contributed by atoms with Gasteiger partial charge in [0, 0.05) is 11.6 Å². The summed E-state index contributed by atoms with van der Waals surface area (Å²) in [7, 11) is 0. The van der Waals surface area contributed by atoms with Crippen LogP contribution in [0.1, 0.15) is 5.56 Å². The van der Waals surface area contributed by atoms with Gasteiger partial charge in [-0.25, -0.2) is 10.1 Å². The predicted octanol–water partition coefficient (Wildman–Crippen LogP) is 2.07. The Labute approximate surface area is 86.3 Å². The summed E-state index contributed by atoms with van der Waals surface area (Å²) in [5.41, 5.74) is 1.11. The zero-order valence-corrected chi connectivity index (χ0v) is 8.12. The first kappa shape index (κ1) is 9.02. The summed E-state index contributed by atoms with van der Waals surface area (Å²) >= 11 is 5.84. The molecule has 4 nitrogen and oxygen atoms in total. The zero-order valence-electron chi connectivity index (χ0n) is 7.37. The molecular weight excluding hydrogens is 200 g/mol. The van der Waals surface area contributed by atoms with Crippen LogP contribution < -0.4 is 5.32 Å². The third-order valence-corrected chi connectivity index (χ3v) is 2.00. The average molecular weight is 209 g/mol. The van der Waals surface area contributed by atoms with E-state index >= 15 is 0 Å². The highest BCUT2D eigenvalue weighted by molar-refractivity contribution is 6.30. The standard InChI is InChI=1S/C9H9ClN4/c10-8-3-1-2-7(4-8)5-11-9-12-6-13-14-9/h1-4,6H,5H2,(H2,11,12,13,14). The number of aromatic nitrogens is 3. The fourth-order valence-corrected chi connectivity index (χ4v) is 1.34. The molecule has 0 atom stereocenters. The number of nitrogens with zero attached hydrogens (tertiary/aromatic N) is 2. The first-order valence-electron chi connectivity index (χ1n) is 4.18. The smallest absolute Gasteiger partial charge is 0.218 e. The summed E-state index contributed by atoms with van der Waals surface area (Å²) in [5.74, 6) is 0.657. The van der Waals surface area contributed by atoms with Crippen molar-refractivity contribution < 1.29 is 0 Å². The maximum atomic E-state index is 5.84. The van der Waals surface area contributed by atoms with Crippen molar-refractivity contribution in [3.8, 4) is 0 Å². The molecule has 2 rings (SSSR count). The summed E-state index contributed by atoms with van der Waals surface area (Å²) in [6.45, 7) is 0.676. The van der Waals surface area contributed by atoms with Gasteiger partial charge in [0.1, 0.15) is 6.33 Å². The number of benzene rings is 1. The van der Waals surface area contributed by atoms with E-state index in [0.29, 0.717) is 12.5 Å². The molecule has 14 heavy (non-hydrogen) atoms. The molecular formula is C9H9ClN4. The molecule has 0 aliphatic rings. The highest BCUT2D eigenvalue weighted by atomic mass is 35.5. The lowest BCUT2D eigenvalue weighted by Gasteiger charge is -2.02. The first-order valence-corrected chi connectivity index (χ1v) is 4.56. The summed E-state index contributed by atoms with van der Waals surface area (Å²) in [6.07, 6.45) is 1.46. The quantitative estimate of drug-likeness (QED) is 0.812. The van der Waals surface area contributed by atoms with Crippen LogP contribution in [0.15, 0.2) is 30.6 Å². The maximum Gasteiger partial charge on any atom is 0.218 e. The van der Waals surface area contributed by atoms with Gasteiger partial charge < -0.3 is 5.32 Å². The van der Waals surface area contributed by atoms with E-state index in [1.165, 1.54) is 6.33 Å². The van der Waals surface area contributed by atoms with Crippen molar-refractivity contribution in [1.82, 2.24) is 15.2 Å². The molecule has 72 valence electrons. The van der Waals surface area contributed by atoms with Gasteiger partial charge in [-0.15, -0.1) is 0 Å². The van der Waals surface area contributed by atoms with E-state index in [1.54, 1.807) is 0 Å². The highest BCUT2D eigenvalue weighted by Crippen LogP contribution is 2.11. The molecule has 0 amide bonds. The zero-order chi connectivity index (χ0) is 9.80. The Kier molecular flexibility index (Phi) is 2.65. The topological polar surface area (TPSA) is 53.6 Å². The molecule has 1 aromatic carbocycles. The molecule has 0 radical (unpaired) electrons. The lowest BCUT2D eigenvalue weighted by molar-refractivity contribution is 1.04. The number of aromatic amines is 1. The molecule has 0 bridgehead atoms. The van der Waals surface area contributed by atoms with Crippen LogP contribution >= 0.6 is 11.6 Å². The molecule has 0 saturated carbocycles. The molecule has 1 aromatic heterocycles. The van der Waals surface area contributed by atoms with Gasteiger partial charge in [0.05, 0.1) is 0 Å². The molecule has 0 fully saturated rings. The molecule has 1 heterocycles. The fraction of sp³-hybridized carbons (Fsp3) is 0.111. The number of hydrogen-bond donors (Lipinski definition) is 2. The van der Waals surface area contributed by atoms with Gasteiger partial charge in [-0.1, -0.05) is 23.7 Å². The van der Waals surface area contributed by atoms with Crippen LogP contribution in [0.3, 0.4) is 0 Å². The average Bonchev–Trinajstić information content (AvgIpc) is 2.67. The molecule has 0 unspecified atom stereocenters. The number of H-pyrrole nitrogens is 1. The summed E-state index contributed by atoms with van der Waals surface area (Å²) in [4.78, 5) is 3.94. The second kappa shape index (κ2) is 4.11. The molecule has 2 aromatic rings. The van der Waals surface area contributed by atoms with Crippen LogP contribution in [0.25, 0.3) is 0 Å². The van der Waals surface area contributed by atoms with Crippen molar-refractivity contribution in [3.63, 3.8) is 0 Å². The van der Waals surface area contributed by atoms with Crippen molar-refractivity contribution >= 4 is 17.5 Å². The van der Waals surface area contributed by atoms with Crippen LogP contribution in [-0.4, -0.2) is 15.2 Å². The SMILES string of the molecule is Clc1cccc(CNc2ncn[nH]2)c1. The lowest BCUT2D eigenvalue weighted by Crippen LogP contribution is -2.00. The van der Waals surface area contributed by atoms with Gasteiger partial charge in [0.25, 0.3) is 0 Å². The maximum absolute atomic E-state index is 5.84. The van der Waals surface area contributed by atoms with E-state index in [1.807, 2.05) is 24.3 Å². The van der Waals surface area contributed by atoms with Gasteiger partial charge >= 0.3 is 0 Å². The normalized spacial score (nSPS) is 10.1. The van der Waals surface area contributed by atoms with E-state index in [0.717, 1.165) is 10.6 Å². The third kappa shape index (κ3) is 2.23. The number of rotatable bonds is 3. The van der Waals surface area contributed by atoms with Gasteiger partial charge in [-0.05, 0) is 17.7 Å². The summed E-state index contributed by atoms with van der Waals surface area (Å²) < 4.78 is 0. The van der Waals surface area contributed by atoms with E-state index < -0.39 is 0 Å². The van der Waals surface area contributed by atoms with Crippen LogP contribution in [0.4, 0.5) is 5.95 Å². The first-order chi connectivity index (χ1) is 6.84. The molecule has 0 aliphatic carbocycles. The number of anilines is 1. The highest BCUT2D eigenvalue weighted by Gasteiger charge is 1.96. The number of nitrogens with one attached hydrogen (secondary N) is 2. The van der Waals surface area contributed by atoms with E-state index in [2.05, 4.69) is 20.5 Å². The van der Waals surface area contributed by atoms with Crippen molar-refractivity contribution in [2.45, 2.75) is 6.54 Å². The van der Waals surface area contributed by atoms with Gasteiger partial charge in [0.2, 0.25) is 5.95 Å². The fourth-order valence-electron chi connectivity index (χ4n) is 1.12. The largest absolute Gasteiger partial charge is 0.351 e. The third-order valence-electron chi connectivity index (χ3n) is 1.76. The van der Waals surface area contributed by atoms with Crippen LogP contribution in [0.5, 0.6) is 0 Å². The molecule has 0 aliphatic heterocycles. The molecule has 2 N–H and O–H groups in total. The van der Waals surface area contributed by atoms with Crippen LogP contribution in [-0.2, 0) is 6.54 Å². The predicted molar refractivity (Wildman–Crippen MR) is 55.2 cm³/mol. The summed E-state index contributed by atoms with van der Waals surface area (Å²) in [5, 5.41) is 10.3. The minimum Gasteiger partial charge on any atom is -0.351 e. The minimum absolute atomic E-state index is 0.657. The van der Waals surface area contributed by atoms with Crippen molar-refractivity contribution in [1.29, 1.82) is 0 Å². The monoisotopic (exact) mass is 208 g/mol. The van der Waals surface area contributed by atoms with Crippen LogP contribution in [0, 0.1) is 0 Å². The Hall–Kier alpha value is -1.55. The summed E-state index contributed by atoms with van der Waals surface area (Å²) in [6, 6.07) is 7.67. The van der Waals surface area contributed by atoms with Gasteiger partial charge in [-0.2, -0.15) is 5.10 Å². The molecule has 5 heteroatoms. The number of hydrogen-bond acceptors (Lipinski definition) is 3. The number of halogens is 1. The minimum atomic E-state index is 0.657. The van der Waals surface area contributed by atoms with E-state index in [4.69, 9.17) is 11.6 Å². The molecule has 0 saturated heterocycles. The van der Waals surface area contributed by atoms with Gasteiger partial charge in [-0.3, -0.25) is 0 Å². The Morgan fingerprint density at radius 1 is 1.43 bits per heavy atom.